The number of hydrogen-bond acceptors (Lipinski definition) is 4. The molecule has 110 valence electrons. The van der Waals surface area contributed by atoms with E-state index in [1.807, 2.05) is 11.3 Å². The maximum atomic E-state index is 4.75. The highest BCUT2D eigenvalue weighted by Crippen LogP contribution is 2.23. The summed E-state index contributed by atoms with van der Waals surface area (Å²) in [6.45, 7) is 7.77. The number of benzene rings is 1. The second-order valence-electron chi connectivity index (χ2n) is 5.09. The maximum absolute atomic E-state index is 4.75. The lowest BCUT2D eigenvalue weighted by atomic mass is 10.2. The standard InChI is InChI=1S/C16H24N2S2/c1-4-12(3)19-11-13(17-5-2)10-16-18-14-8-6-7-9-15(14)20-16/h6-9,12-13,17H,4-5,10-11H2,1-3H3. The number of nitrogens with zero attached hydrogens (tertiary/aromatic N) is 1. The van der Waals surface area contributed by atoms with Crippen molar-refractivity contribution in [2.75, 3.05) is 12.3 Å². The molecule has 0 fully saturated rings. The van der Waals surface area contributed by atoms with Gasteiger partial charge in [0.15, 0.2) is 0 Å². The van der Waals surface area contributed by atoms with Crippen molar-refractivity contribution in [1.29, 1.82) is 0 Å². The second kappa shape index (κ2) is 8.01. The van der Waals surface area contributed by atoms with Crippen LogP contribution in [0.3, 0.4) is 0 Å². The zero-order valence-corrected chi connectivity index (χ0v) is 14.2. The molecule has 4 heteroatoms. The number of para-hydroxylation sites is 1. The summed E-state index contributed by atoms with van der Waals surface area (Å²) in [5.74, 6) is 1.17. The molecule has 1 N–H and O–H groups in total. The summed E-state index contributed by atoms with van der Waals surface area (Å²) < 4.78 is 1.30. The van der Waals surface area contributed by atoms with Gasteiger partial charge in [0.25, 0.3) is 0 Å². The van der Waals surface area contributed by atoms with E-state index in [0.29, 0.717) is 6.04 Å². The van der Waals surface area contributed by atoms with Gasteiger partial charge in [0, 0.05) is 23.5 Å². The minimum absolute atomic E-state index is 0.527. The first kappa shape index (κ1) is 15.8. The van der Waals surface area contributed by atoms with Gasteiger partial charge in [0.05, 0.1) is 15.2 Å². The molecule has 2 unspecified atom stereocenters. The van der Waals surface area contributed by atoms with Crippen molar-refractivity contribution in [2.45, 2.75) is 44.9 Å². The average Bonchev–Trinajstić information content (AvgIpc) is 2.86. The Bertz CT molecular complexity index is 491. The maximum Gasteiger partial charge on any atom is 0.0954 e. The first-order chi connectivity index (χ1) is 9.72. The predicted octanol–water partition coefficient (Wildman–Crippen LogP) is 4.35. The number of hydrogen-bond donors (Lipinski definition) is 1. The third-order valence-corrected chi connectivity index (χ3v) is 5.96. The number of rotatable bonds is 8. The molecule has 0 spiro atoms. The van der Waals surface area contributed by atoms with Crippen LogP contribution in [0.5, 0.6) is 0 Å². The van der Waals surface area contributed by atoms with Crippen LogP contribution in [-0.2, 0) is 6.42 Å². The summed E-state index contributed by atoms with van der Waals surface area (Å²) in [7, 11) is 0. The first-order valence-corrected chi connectivity index (χ1v) is 9.28. The lowest BCUT2D eigenvalue weighted by Crippen LogP contribution is -2.33. The van der Waals surface area contributed by atoms with E-state index in [-0.39, 0.29) is 0 Å². The zero-order chi connectivity index (χ0) is 14.4. The summed E-state index contributed by atoms with van der Waals surface area (Å²) in [5, 5.41) is 5.59. The summed E-state index contributed by atoms with van der Waals surface area (Å²) in [6.07, 6.45) is 2.28. The van der Waals surface area contributed by atoms with Crippen LogP contribution in [0, 0.1) is 0 Å². The SMILES string of the molecule is CCNC(CSC(C)CC)Cc1nc2ccccc2s1. The van der Waals surface area contributed by atoms with Gasteiger partial charge >= 0.3 is 0 Å². The Labute approximate surface area is 130 Å². The molecule has 2 atom stereocenters. The van der Waals surface area contributed by atoms with Gasteiger partial charge in [0.1, 0.15) is 0 Å². The van der Waals surface area contributed by atoms with Gasteiger partial charge in [-0.15, -0.1) is 11.3 Å². The van der Waals surface area contributed by atoms with Gasteiger partial charge in [-0.3, -0.25) is 0 Å². The molecule has 0 amide bonds. The molecule has 0 aliphatic rings. The Morgan fingerprint density at radius 2 is 2.10 bits per heavy atom. The minimum atomic E-state index is 0.527. The Morgan fingerprint density at radius 1 is 1.30 bits per heavy atom. The molecule has 1 aromatic heterocycles. The van der Waals surface area contributed by atoms with Gasteiger partial charge in [-0.25, -0.2) is 4.98 Å². The van der Waals surface area contributed by atoms with Crippen molar-refractivity contribution in [3.8, 4) is 0 Å². The number of likely N-dealkylation sites (N-methyl/N-ethyl adjacent to an activating group) is 1. The van der Waals surface area contributed by atoms with E-state index >= 15 is 0 Å². The van der Waals surface area contributed by atoms with E-state index in [1.54, 1.807) is 0 Å². The molecule has 2 aromatic rings. The number of thiazole rings is 1. The van der Waals surface area contributed by atoms with Crippen molar-refractivity contribution < 1.29 is 0 Å². The largest absolute Gasteiger partial charge is 0.313 e. The lowest BCUT2D eigenvalue weighted by Gasteiger charge is -2.18. The van der Waals surface area contributed by atoms with E-state index in [4.69, 9.17) is 4.98 Å². The Balaban J connectivity index is 1.99. The monoisotopic (exact) mass is 308 g/mol. The highest BCUT2D eigenvalue weighted by Gasteiger charge is 2.13. The predicted molar refractivity (Wildman–Crippen MR) is 93.0 cm³/mol. The van der Waals surface area contributed by atoms with E-state index in [0.717, 1.165) is 23.7 Å². The van der Waals surface area contributed by atoms with E-state index < -0.39 is 0 Å². The van der Waals surface area contributed by atoms with Crippen LogP contribution in [0.15, 0.2) is 24.3 Å². The fourth-order valence-corrected chi connectivity index (χ4v) is 4.17. The number of thioether (sulfide) groups is 1. The molecule has 0 radical (unpaired) electrons. The van der Waals surface area contributed by atoms with Crippen LogP contribution >= 0.6 is 23.1 Å². The molecule has 0 aliphatic heterocycles. The van der Waals surface area contributed by atoms with Crippen LogP contribution in [0.25, 0.3) is 10.2 Å². The number of nitrogens with one attached hydrogen (secondary N) is 1. The smallest absolute Gasteiger partial charge is 0.0954 e. The van der Waals surface area contributed by atoms with Gasteiger partial charge in [0.2, 0.25) is 0 Å². The molecule has 0 saturated carbocycles. The quantitative estimate of drug-likeness (QED) is 0.785. The van der Waals surface area contributed by atoms with E-state index in [9.17, 15) is 0 Å². The van der Waals surface area contributed by atoms with Crippen molar-refractivity contribution in [2.24, 2.45) is 0 Å². The Hall–Kier alpha value is -0.580. The Kier molecular flexibility index (Phi) is 6.33. The molecular formula is C16H24N2S2. The highest BCUT2D eigenvalue weighted by atomic mass is 32.2. The Morgan fingerprint density at radius 3 is 2.80 bits per heavy atom. The second-order valence-corrected chi connectivity index (χ2v) is 7.67. The van der Waals surface area contributed by atoms with Crippen LogP contribution < -0.4 is 5.32 Å². The third-order valence-electron chi connectivity index (χ3n) is 3.41. The van der Waals surface area contributed by atoms with E-state index in [2.05, 4.69) is 62.1 Å². The summed E-state index contributed by atoms with van der Waals surface area (Å²) >= 11 is 3.90. The third kappa shape index (κ3) is 4.47. The average molecular weight is 309 g/mol. The fourth-order valence-electron chi connectivity index (χ4n) is 2.09. The van der Waals surface area contributed by atoms with Gasteiger partial charge in [-0.05, 0) is 25.1 Å². The lowest BCUT2D eigenvalue weighted by molar-refractivity contribution is 0.571. The number of fused-ring (bicyclic) bond motifs is 1. The van der Waals surface area contributed by atoms with Crippen LogP contribution in [0.1, 0.15) is 32.2 Å². The molecular weight excluding hydrogens is 284 g/mol. The van der Waals surface area contributed by atoms with Gasteiger partial charge in [-0.2, -0.15) is 11.8 Å². The van der Waals surface area contributed by atoms with Crippen LogP contribution in [0.2, 0.25) is 0 Å². The molecule has 2 rings (SSSR count). The molecule has 1 heterocycles. The fraction of sp³-hybridized carbons (Fsp3) is 0.562. The molecule has 2 nitrogen and oxygen atoms in total. The van der Waals surface area contributed by atoms with Gasteiger partial charge in [-0.1, -0.05) is 32.9 Å². The molecule has 0 aliphatic carbocycles. The van der Waals surface area contributed by atoms with Crippen molar-refractivity contribution in [3.63, 3.8) is 0 Å². The van der Waals surface area contributed by atoms with Gasteiger partial charge < -0.3 is 5.32 Å². The zero-order valence-electron chi connectivity index (χ0n) is 12.6. The number of aromatic nitrogens is 1. The van der Waals surface area contributed by atoms with Crippen molar-refractivity contribution >= 4 is 33.3 Å². The summed E-state index contributed by atoms with van der Waals surface area (Å²) in [4.78, 5) is 4.75. The highest BCUT2D eigenvalue weighted by molar-refractivity contribution is 7.99. The van der Waals surface area contributed by atoms with Crippen molar-refractivity contribution in [1.82, 2.24) is 10.3 Å². The molecule has 0 saturated heterocycles. The first-order valence-electron chi connectivity index (χ1n) is 7.42. The van der Waals surface area contributed by atoms with Crippen LogP contribution in [0.4, 0.5) is 0 Å². The summed E-state index contributed by atoms with van der Waals surface area (Å²) in [5.41, 5.74) is 1.14. The van der Waals surface area contributed by atoms with Crippen LogP contribution in [-0.4, -0.2) is 28.6 Å². The molecule has 0 bridgehead atoms. The normalized spacial score (nSPS) is 14.6. The van der Waals surface area contributed by atoms with E-state index in [1.165, 1.54) is 21.9 Å². The van der Waals surface area contributed by atoms with Crippen molar-refractivity contribution in [3.05, 3.63) is 29.3 Å². The topological polar surface area (TPSA) is 24.9 Å². The molecule has 1 aromatic carbocycles. The summed E-state index contributed by atoms with van der Waals surface area (Å²) in [6, 6.07) is 8.94. The molecule has 20 heavy (non-hydrogen) atoms. The minimum Gasteiger partial charge on any atom is -0.313 e.